The third-order valence-corrected chi connectivity index (χ3v) is 5.02. The van der Waals surface area contributed by atoms with Crippen LogP contribution in [0.15, 0.2) is 23.1 Å². The van der Waals surface area contributed by atoms with Crippen LogP contribution in [0.5, 0.6) is 11.5 Å². The number of pyridine rings is 1. The number of ether oxygens (including phenoxy) is 2. The van der Waals surface area contributed by atoms with Gasteiger partial charge in [-0.25, -0.2) is 4.79 Å². The molecule has 2 N–H and O–H groups in total. The van der Waals surface area contributed by atoms with Crippen LogP contribution in [0.25, 0.3) is 10.9 Å². The van der Waals surface area contributed by atoms with Crippen LogP contribution < -0.4 is 20.2 Å². The summed E-state index contributed by atoms with van der Waals surface area (Å²) in [4.78, 5) is 36.9. The van der Waals surface area contributed by atoms with Gasteiger partial charge in [0.1, 0.15) is 11.6 Å². The number of aliphatic carboxylic acids is 1. The molecule has 2 heterocycles. The van der Waals surface area contributed by atoms with Gasteiger partial charge in [0.2, 0.25) is 12.2 Å². The van der Waals surface area contributed by atoms with Gasteiger partial charge in [0.25, 0.3) is 5.91 Å². The van der Waals surface area contributed by atoms with Gasteiger partial charge in [-0.3, -0.25) is 9.59 Å². The molecule has 0 bridgehead atoms. The maximum atomic E-state index is 12.9. The first kappa shape index (κ1) is 19.1. The van der Waals surface area contributed by atoms with E-state index in [1.807, 2.05) is 13.2 Å². The molecule has 1 aromatic heterocycles. The lowest BCUT2D eigenvalue weighted by molar-refractivity contribution is -0.139. The fourth-order valence-electron chi connectivity index (χ4n) is 2.93. The van der Waals surface area contributed by atoms with Gasteiger partial charge in [-0.1, -0.05) is 0 Å². The highest BCUT2D eigenvalue weighted by molar-refractivity contribution is 7.98. The molecule has 0 saturated carbocycles. The third-order valence-electron chi connectivity index (χ3n) is 4.37. The van der Waals surface area contributed by atoms with E-state index in [0.717, 1.165) is 0 Å². The first-order valence-electron chi connectivity index (χ1n) is 8.45. The van der Waals surface area contributed by atoms with E-state index in [1.165, 1.54) is 18.0 Å². The van der Waals surface area contributed by atoms with E-state index in [9.17, 15) is 19.5 Å². The first-order chi connectivity index (χ1) is 13.0. The Morgan fingerprint density at radius 2 is 2.04 bits per heavy atom. The number of nitrogens with one attached hydrogen (secondary N) is 1. The maximum Gasteiger partial charge on any atom is 0.326 e. The van der Waals surface area contributed by atoms with Gasteiger partial charge in [0.05, 0.1) is 10.9 Å². The summed E-state index contributed by atoms with van der Waals surface area (Å²) in [6.07, 6.45) is 3.58. The van der Waals surface area contributed by atoms with Gasteiger partial charge in [0.15, 0.2) is 11.5 Å². The number of hydrogen-bond acceptors (Lipinski definition) is 6. The van der Waals surface area contributed by atoms with Crippen LogP contribution in [0.3, 0.4) is 0 Å². The van der Waals surface area contributed by atoms with E-state index in [1.54, 1.807) is 16.7 Å². The molecule has 8 nitrogen and oxygen atoms in total. The van der Waals surface area contributed by atoms with Crippen LogP contribution >= 0.6 is 11.8 Å². The highest BCUT2D eigenvalue weighted by atomic mass is 32.2. The Kier molecular flexibility index (Phi) is 5.59. The van der Waals surface area contributed by atoms with Gasteiger partial charge < -0.3 is 24.5 Å². The second kappa shape index (κ2) is 7.91. The van der Waals surface area contributed by atoms with Crippen molar-refractivity contribution in [3.05, 3.63) is 34.1 Å². The average molecular weight is 392 g/mol. The molecule has 0 aliphatic carbocycles. The summed E-state index contributed by atoms with van der Waals surface area (Å²) in [7, 11) is 0. The second-order valence-electron chi connectivity index (χ2n) is 6.03. The van der Waals surface area contributed by atoms with Gasteiger partial charge in [-0.15, -0.1) is 0 Å². The number of carboxylic acids is 1. The predicted molar refractivity (Wildman–Crippen MR) is 102 cm³/mol. The molecule has 1 aliphatic heterocycles. The summed E-state index contributed by atoms with van der Waals surface area (Å²) in [5, 5.41) is 12.1. The second-order valence-corrected chi connectivity index (χ2v) is 7.01. The summed E-state index contributed by atoms with van der Waals surface area (Å²) in [6, 6.07) is 2.22. The number of hydrogen-bond donors (Lipinski definition) is 2. The van der Waals surface area contributed by atoms with Crippen molar-refractivity contribution in [2.24, 2.45) is 0 Å². The number of carboxylic acid groups (broad SMARTS) is 1. The molecule has 1 amide bonds. The van der Waals surface area contributed by atoms with Crippen LogP contribution in [0.4, 0.5) is 0 Å². The standard InChI is InChI=1S/C18H20N2O6S/c1-3-20-8-11(17(22)19-12(18(23)24)4-5-27-2)16(21)10-6-14-15(7-13(10)20)26-9-25-14/h6-8,12H,3-5,9H2,1-2H3,(H,19,22)(H,23,24)/t12-/m0/s1. The highest BCUT2D eigenvalue weighted by Crippen LogP contribution is 2.35. The van der Waals surface area contributed by atoms with Gasteiger partial charge in [-0.2, -0.15) is 11.8 Å². The molecule has 144 valence electrons. The van der Waals surface area contributed by atoms with Crippen LogP contribution in [-0.4, -0.2) is 46.4 Å². The van der Waals surface area contributed by atoms with E-state index < -0.39 is 23.3 Å². The molecule has 1 aromatic carbocycles. The molecular formula is C18H20N2O6S. The maximum absolute atomic E-state index is 12.9. The third kappa shape index (κ3) is 3.73. The SMILES string of the molecule is CCn1cc(C(=O)N[C@@H](CCSC)C(=O)O)c(=O)c2cc3c(cc21)OCO3. The minimum atomic E-state index is -1.13. The minimum Gasteiger partial charge on any atom is -0.480 e. The Morgan fingerprint density at radius 1 is 1.33 bits per heavy atom. The van der Waals surface area contributed by atoms with Crippen LogP contribution in [0.2, 0.25) is 0 Å². The zero-order valence-corrected chi connectivity index (χ0v) is 15.8. The van der Waals surface area contributed by atoms with E-state index in [0.29, 0.717) is 34.7 Å². The van der Waals surface area contributed by atoms with Crippen LogP contribution in [0.1, 0.15) is 23.7 Å². The summed E-state index contributed by atoms with van der Waals surface area (Å²) in [5.41, 5.74) is 0.0542. The lowest BCUT2D eigenvalue weighted by Crippen LogP contribution is -2.42. The molecule has 0 radical (unpaired) electrons. The molecule has 0 spiro atoms. The average Bonchev–Trinajstić information content (AvgIpc) is 3.11. The molecule has 0 saturated heterocycles. The monoisotopic (exact) mass is 392 g/mol. The Hall–Kier alpha value is -2.68. The Bertz CT molecular complexity index is 955. The Labute approximate surface area is 159 Å². The van der Waals surface area contributed by atoms with Gasteiger partial charge in [-0.05, 0) is 31.4 Å². The van der Waals surface area contributed by atoms with Crippen molar-refractivity contribution in [1.82, 2.24) is 9.88 Å². The lowest BCUT2D eigenvalue weighted by atomic mass is 10.1. The molecule has 27 heavy (non-hydrogen) atoms. The van der Waals surface area contributed by atoms with E-state index in [4.69, 9.17) is 9.47 Å². The topological polar surface area (TPSA) is 107 Å². The number of aryl methyl sites for hydroxylation is 1. The van der Waals surface area contributed by atoms with Gasteiger partial charge in [0, 0.05) is 18.8 Å². The molecule has 9 heteroatoms. The molecule has 0 unspecified atom stereocenters. The summed E-state index contributed by atoms with van der Waals surface area (Å²) >= 11 is 1.49. The Balaban J connectivity index is 2.02. The number of rotatable bonds is 7. The number of amides is 1. The fraction of sp³-hybridized carbons (Fsp3) is 0.389. The van der Waals surface area contributed by atoms with Crippen molar-refractivity contribution in [2.45, 2.75) is 25.9 Å². The van der Waals surface area contributed by atoms with E-state index >= 15 is 0 Å². The van der Waals surface area contributed by atoms with Gasteiger partial charge >= 0.3 is 5.97 Å². The van der Waals surface area contributed by atoms with Crippen molar-refractivity contribution < 1.29 is 24.2 Å². The molecule has 1 atom stereocenters. The number of thioether (sulfide) groups is 1. The van der Waals surface area contributed by atoms with Crippen molar-refractivity contribution in [2.75, 3.05) is 18.8 Å². The molecule has 1 aliphatic rings. The number of aromatic nitrogens is 1. The quantitative estimate of drug-likeness (QED) is 0.738. The van der Waals surface area contributed by atoms with Crippen molar-refractivity contribution in [1.29, 1.82) is 0 Å². The van der Waals surface area contributed by atoms with E-state index in [2.05, 4.69) is 5.32 Å². The first-order valence-corrected chi connectivity index (χ1v) is 9.85. The predicted octanol–water partition coefficient (Wildman–Crippen LogP) is 1.69. The molecular weight excluding hydrogens is 372 g/mol. The number of carbonyl (C=O) groups excluding carboxylic acids is 1. The highest BCUT2D eigenvalue weighted by Gasteiger charge is 2.24. The number of benzene rings is 1. The minimum absolute atomic E-state index is 0.0784. The van der Waals surface area contributed by atoms with Crippen molar-refractivity contribution in [3.8, 4) is 11.5 Å². The fourth-order valence-corrected chi connectivity index (χ4v) is 3.40. The smallest absolute Gasteiger partial charge is 0.326 e. The summed E-state index contributed by atoms with van der Waals surface area (Å²) in [5.74, 6) is -0.252. The summed E-state index contributed by atoms with van der Waals surface area (Å²) < 4.78 is 12.4. The zero-order chi connectivity index (χ0) is 19.6. The molecule has 0 fully saturated rings. The van der Waals surface area contributed by atoms with Crippen molar-refractivity contribution in [3.63, 3.8) is 0 Å². The van der Waals surface area contributed by atoms with E-state index in [-0.39, 0.29) is 18.8 Å². The normalized spacial score (nSPS) is 13.6. The largest absolute Gasteiger partial charge is 0.480 e. The zero-order valence-electron chi connectivity index (χ0n) is 15.0. The molecule has 2 aromatic rings. The van der Waals surface area contributed by atoms with Crippen LogP contribution in [0, 0.1) is 0 Å². The number of nitrogens with zero attached hydrogens (tertiary/aromatic N) is 1. The number of fused-ring (bicyclic) bond motifs is 2. The Morgan fingerprint density at radius 3 is 2.67 bits per heavy atom. The summed E-state index contributed by atoms with van der Waals surface area (Å²) in [6.45, 7) is 2.48. The lowest BCUT2D eigenvalue weighted by Gasteiger charge is -2.16. The molecule has 3 rings (SSSR count). The van der Waals surface area contributed by atoms with Crippen molar-refractivity contribution >= 4 is 34.5 Å². The number of carbonyl (C=O) groups is 2. The van der Waals surface area contributed by atoms with Crippen LogP contribution in [-0.2, 0) is 11.3 Å².